The van der Waals surface area contributed by atoms with Gasteiger partial charge in [-0.15, -0.1) is 0 Å². The Labute approximate surface area is 154 Å². The molecule has 1 aromatic carbocycles. The first-order valence-corrected chi connectivity index (χ1v) is 8.51. The van der Waals surface area contributed by atoms with Crippen molar-refractivity contribution in [1.29, 1.82) is 0 Å². The zero-order chi connectivity index (χ0) is 19.7. The highest BCUT2D eigenvalue weighted by Crippen LogP contribution is 2.18. The molecule has 0 bridgehead atoms. The maximum atomic E-state index is 12.6. The summed E-state index contributed by atoms with van der Waals surface area (Å²) in [5, 5.41) is 2.80. The fourth-order valence-corrected chi connectivity index (χ4v) is 2.83. The molecule has 0 aliphatic rings. The zero-order valence-corrected chi connectivity index (χ0v) is 15.6. The summed E-state index contributed by atoms with van der Waals surface area (Å²) in [4.78, 5) is 41.3. The molecule has 3 aromatic rings. The molecule has 0 aliphatic heterocycles. The molecule has 142 valence electrons. The summed E-state index contributed by atoms with van der Waals surface area (Å²) in [6, 6.07) is 6.31. The van der Waals surface area contributed by atoms with Gasteiger partial charge in [0.1, 0.15) is 11.8 Å². The second kappa shape index (κ2) is 7.10. The Morgan fingerprint density at radius 3 is 2.48 bits per heavy atom. The molecule has 1 N–H and O–H groups in total. The maximum Gasteiger partial charge on any atom is 0.332 e. The summed E-state index contributed by atoms with van der Waals surface area (Å²) < 4.78 is 9.13. The molecule has 1 amide bonds. The smallest absolute Gasteiger partial charge is 0.332 e. The highest BCUT2D eigenvalue weighted by atomic mass is 16.5. The third kappa shape index (κ3) is 3.23. The number of amides is 1. The van der Waals surface area contributed by atoms with Crippen molar-refractivity contribution in [2.75, 3.05) is 11.9 Å². The number of carbonyl (C=O) groups is 1. The van der Waals surface area contributed by atoms with Crippen LogP contribution in [0.4, 0.5) is 5.69 Å². The highest BCUT2D eigenvalue weighted by molar-refractivity contribution is 5.94. The molecule has 0 radical (unpaired) electrons. The summed E-state index contributed by atoms with van der Waals surface area (Å²) in [6.07, 6.45) is 1.40. The Balaban J connectivity index is 1.91. The van der Waals surface area contributed by atoms with Crippen molar-refractivity contribution in [1.82, 2.24) is 18.7 Å². The number of rotatable bonds is 5. The largest absolute Gasteiger partial charge is 0.494 e. The third-order valence-electron chi connectivity index (χ3n) is 4.40. The predicted octanol–water partition coefficient (Wildman–Crippen LogP) is 1.03. The molecule has 0 saturated heterocycles. The van der Waals surface area contributed by atoms with E-state index in [-0.39, 0.29) is 17.1 Å². The molecule has 27 heavy (non-hydrogen) atoms. The van der Waals surface area contributed by atoms with Gasteiger partial charge in [0.2, 0.25) is 5.91 Å². The number of ether oxygens (including phenoxy) is 1. The number of imidazole rings is 1. The lowest BCUT2D eigenvalue weighted by atomic mass is 10.2. The van der Waals surface area contributed by atoms with Gasteiger partial charge < -0.3 is 14.6 Å². The third-order valence-corrected chi connectivity index (χ3v) is 4.40. The van der Waals surface area contributed by atoms with Crippen molar-refractivity contribution in [3.8, 4) is 5.75 Å². The van der Waals surface area contributed by atoms with E-state index in [0.717, 1.165) is 4.57 Å². The lowest BCUT2D eigenvalue weighted by Gasteiger charge is -2.15. The molecule has 0 fully saturated rings. The van der Waals surface area contributed by atoms with Crippen LogP contribution in [0.1, 0.15) is 19.9 Å². The molecule has 9 nitrogen and oxygen atoms in total. The average molecular weight is 371 g/mol. The summed E-state index contributed by atoms with van der Waals surface area (Å²) in [5.41, 5.74) is 0.0911. The van der Waals surface area contributed by atoms with Crippen molar-refractivity contribution in [3.63, 3.8) is 0 Å². The zero-order valence-electron chi connectivity index (χ0n) is 15.6. The van der Waals surface area contributed by atoms with Crippen LogP contribution in [0.5, 0.6) is 5.75 Å². The van der Waals surface area contributed by atoms with Crippen LogP contribution >= 0.6 is 0 Å². The van der Waals surface area contributed by atoms with Crippen LogP contribution in [0.3, 0.4) is 0 Å². The number of nitrogens with one attached hydrogen (secondary N) is 1. The number of hydrogen-bond acceptors (Lipinski definition) is 5. The van der Waals surface area contributed by atoms with E-state index in [1.807, 2.05) is 6.92 Å². The Morgan fingerprint density at radius 1 is 1.19 bits per heavy atom. The van der Waals surface area contributed by atoms with E-state index >= 15 is 0 Å². The van der Waals surface area contributed by atoms with Gasteiger partial charge in [0.15, 0.2) is 11.2 Å². The first-order chi connectivity index (χ1) is 12.8. The van der Waals surface area contributed by atoms with Crippen LogP contribution in [0, 0.1) is 0 Å². The number of benzene rings is 1. The van der Waals surface area contributed by atoms with Crippen LogP contribution in [0.25, 0.3) is 11.2 Å². The Kier molecular flexibility index (Phi) is 4.85. The normalized spacial score (nSPS) is 12.1. The number of aromatic nitrogens is 4. The molecule has 3 rings (SSSR count). The quantitative estimate of drug-likeness (QED) is 0.722. The molecule has 0 saturated carbocycles. The number of hydrogen-bond donors (Lipinski definition) is 1. The minimum Gasteiger partial charge on any atom is -0.494 e. The van der Waals surface area contributed by atoms with Gasteiger partial charge in [-0.1, -0.05) is 0 Å². The number of carbonyl (C=O) groups excluding carboxylic acids is 1. The van der Waals surface area contributed by atoms with Crippen LogP contribution in [-0.2, 0) is 18.9 Å². The van der Waals surface area contributed by atoms with Crippen LogP contribution in [-0.4, -0.2) is 31.2 Å². The van der Waals surface area contributed by atoms with Gasteiger partial charge in [0, 0.05) is 19.8 Å². The standard InChI is InChI=1S/C18H21N5O4/c1-5-27-13-8-6-12(7-9-13)20-16(24)11(2)23-10-19-15-14(23)17(25)22(4)18(26)21(15)3/h6-11H,5H2,1-4H3,(H,20,24)/t11-/m0/s1. The van der Waals surface area contributed by atoms with Gasteiger partial charge in [-0.05, 0) is 38.1 Å². The second-order valence-electron chi connectivity index (χ2n) is 6.15. The Bertz CT molecular complexity index is 1110. The molecule has 2 heterocycles. The fourth-order valence-electron chi connectivity index (χ4n) is 2.83. The molecular weight excluding hydrogens is 350 g/mol. The van der Waals surface area contributed by atoms with E-state index in [0.29, 0.717) is 18.0 Å². The van der Waals surface area contributed by atoms with E-state index in [4.69, 9.17) is 4.74 Å². The predicted molar refractivity (Wildman–Crippen MR) is 101 cm³/mol. The highest BCUT2D eigenvalue weighted by Gasteiger charge is 2.21. The van der Waals surface area contributed by atoms with Crippen LogP contribution < -0.4 is 21.3 Å². The molecular formula is C18H21N5O4. The van der Waals surface area contributed by atoms with Gasteiger partial charge in [0.25, 0.3) is 5.56 Å². The summed E-state index contributed by atoms with van der Waals surface area (Å²) >= 11 is 0. The molecule has 1 atom stereocenters. The van der Waals surface area contributed by atoms with E-state index in [1.165, 1.54) is 29.6 Å². The van der Waals surface area contributed by atoms with Crippen LogP contribution in [0.15, 0.2) is 40.2 Å². The Morgan fingerprint density at radius 2 is 1.85 bits per heavy atom. The van der Waals surface area contributed by atoms with Gasteiger partial charge in [-0.3, -0.25) is 18.7 Å². The van der Waals surface area contributed by atoms with Crippen molar-refractivity contribution in [3.05, 3.63) is 51.4 Å². The van der Waals surface area contributed by atoms with Crippen molar-refractivity contribution < 1.29 is 9.53 Å². The summed E-state index contributed by atoms with van der Waals surface area (Å²) in [5.74, 6) is 0.405. The Hall–Kier alpha value is -3.36. The fraction of sp³-hybridized carbons (Fsp3) is 0.333. The lowest BCUT2D eigenvalue weighted by Crippen LogP contribution is -2.38. The number of anilines is 1. The number of fused-ring (bicyclic) bond motifs is 1. The number of aryl methyl sites for hydroxylation is 1. The van der Waals surface area contributed by atoms with Gasteiger partial charge in [-0.2, -0.15) is 0 Å². The first-order valence-electron chi connectivity index (χ1n) is 8.51. The maximum absolute atomic E-state index is 12.6. The second-order valence-corrected chi connectivity index (χ2v) is 6.15. The van der Waals surface area contributed by atoms with E-state index in [2.05, 4.69) is 10.3 Å². The minimum atomic E-state index is -0.702. The topological polar surface area (TPSA) is 100 Å². The lowest BCUT2D eigenvalue weighted by molar-refractivity contribution is -0.118. The minimum absolute atomic E-state index is 0.203. The van der Waals surface area contributed by atoms with E-state index < -0.39 is 17.3 Å². The van der Waals surface area contributed by atoms with E-state index in [1.54, 1.807) is 31.2 Å². The first kappa shape index (κ1) is 18.4. The average Bonchev–Trinajstić information content (AvgIpc) is 3.11. The summed E-state index contributed by atoms with van der Waals surface area (Å²) in [6.45, 7) is 4.12. The van der Waals surface area contributed by atoms with E-state index in [9.17, 15) is 14.4 Å². The van der Waals surface area contributed by atoms with Crippen molar-refractivity contribution in [2.24, 2.45) is 14.1 Å². The summed E-state index contributed by atoms with van der Waals surface area (Å²) in [7, 11) is 2.93. The van der Waals surface area contributed by atoms with Gasteiger partial charge in [-0.25, -0.2) is 9.78 Å². The molecule has 0 aliphatic carbocycles. The molecule has 0 spiro atoms. The number of nitrogens with zero attached hydrogens (tertiary/aromatic N) is 4. The monoisotopic (exact) mass is 371 g/mol. The molecule has 2 aromatic heterocycles. The van der Waals surface area contributed by atoms with Crippen molar-refractivity contribution >= 4 is 22.8 Å². The van der Waals surface area contributed by atoms with Gasteiger partial charge >= 0.3 is 5.69 Å². The van der Waals surface area contributed by atoms with Crippen molar-refractivity contribution in [2.45, 2.75) is 19.9 Å². The SMILES string of the molecule is CCOc1ccc(NC(=O)[C@H](C)n2cnc3c2c(=O)n(C)c(=O)n3C)cc1. The van der Waals surface area contributed by atoms with Gasteiger partial charge in [0.05, 0.1) is 12.9 Å². The van der Waals surface area contributed by atoms with Crippen LogP contribution in [0.2, 0.25) is 0 Å². The molecule has 0 unspecified atom stereocenters. The molecule has 9 heteroatoms.